The minimum atomic E-state index is -0.498. The van der Waals surface area contributed by atoms with Crippen molar-refractivity contribution in [3.63, 3.8) is 0 Å². The van der Waals surface area contributed by atoms with Gasteiger partial charge in [-0.3, -0.25) is 0 Å². The van der Waals surface area contributed by atoms with Gasteiger partial charge in [-0.2, -0.15) is 0 Å². The molecule has 0 aliphatic heterocycles. The van der Waals surface area contributed by atoms with E-state index in [1.165, 1.54) is 31.4 Å². The second-order valence-electron chi connectivity index (χ2n) is 5.30. The number of hydrogen-bond donors (Lipinski definition) is 1. The molecule has 1 aromatic rings. The summed E-state index contributed by atoms with van der Waals surface area (Å²) >= 11 is 3.09. The van der Waals surface area contributed by atoms with Crippen molar-refractivity contribution in [1.29, 1.82) is 0 Å². The van der Waals surface area contributed by atoms with Crippen molar-refractivity contribution in [2.75, 3.05) is 0 Å². The fourth-order valence-corrected chi connectivity index (χ4v) is 2.91. The molecule has 0 aromatic heterocycles. The quantitative estimate of drug-likeness (QED) is 0.807. The van der Waals surface area contributed by atoms with E-state index in [1.807, 2.05) is 0 Å². The van der Waals surface area contributed by atoms with Gasteiger partial charge in [0.2, 0.25) is 0 Å². The Balaban J connectivity index is 2.08. The van der Waals surface area contributed by atoms with Crippen molar-refractivity contribution in [1.82, 2.24) is 5.32 Å². The lowest BCUT2D eigenvalue weighted by Crippen LogP contribution is -2.43. The third-order valence-corrected chi connectivity index (χ3v) is 4.40. The summed E-state index contributed by atoms with van der Waals surface area (Å²) in [6, 6.07) is 2.70. The van der Waals surface area contributed by atoms with E-state index in [0.717, 1.165) is 12.8 Å². The van der Waals surface area contributed by atoms with Crippen molar-refractivity contribution in [2.24, 2.45) is 0 Å². The minimum absolute atomic E-state index is 0.0133. The summed E-state index contributed by atoms with van der Waals surface area (Å²) in [7, 11) is 0. The van der Waals surface area contributed by atoms with E-state index in [4.69, 9.17) is 0 Å². The van der Waals surface area contributed by atoms with Gasteiger partial charge in [-0.05, 0) is 47.8 Å². The Bertz CT molecular complexity index is 428. The van der Waals surface area contributed by atoms with E-state index in [-0.39, 0.29) is 17.6 Å². The molecular formula is C14H18BrF2N. The van der Waals surface area contributed by atoms with Crippen LogP contribution >= 0.6 is 15.9 Å². The normalized spacial score (nSPS) is 18.9. The van der Waals surface area contributed by atoms with E-state index in [2.05, 4.69) is 28.2 Å². The first-order chi connectivity index (χ1) is 8.52. The Morgan fingerprint density at radius 2 is 1.89 bits per heavy atom. The lowest BCUT2D eigenvalue weighted by atomic mass is 9.83. The van der Waals surface area contributed by atoms with Gasteiger partial charge in [-0.15, -0.1) is 0 Å². The maximum Gasteiger partial charge on any atom is 0.144 e. The monoisotopic (exact) mass is 317 g/mol. The van der Waals surface area contributed by atoms with Crippen LogP contribution in [0.2, 0.25) is 0 Å². The molecule has 0 bridgehead atoms. The molecular weight excluding hydrogens is 300 g/mol. The molecule has 1 aliphatic rings. The predicted octanol–water partition coefficient (Wildman–Crippen LogP) is 4.54. The first-order valence-electron chi connectivity index (χ1n) is 6.39. The zero-order chi connectivity index (χ0) is 13.2. The summed E-state index contributed by atoms with van der Waals surface area (Å²) in [5, 5.41) is 3.32. The minimum Gasteiger partial charge on any atom is -0.307 e. The van der Waals surface area contributed by atoms with Crippen molar-refractivity contribution in [3.8, 4) is 0 Å². The Morgan fingerprint density at radius 3 is 2.56 bits per heavy atom. The predicted molar refractivity (Wildman–Crippen MR) is 72.4 cm³/mol. The molecule has 0 unspecified atom stereocenters. The summed E-state index contributed by atoms with van der Waals surface area (Å²) in [5.74, 6) is -0.982. The molecule has 1 fully saturated rings. The zero-order valence-corrected chi connectivity index (χ0v) is 12.1. The smallest absolute Gasteiger partial charge is 0.144 e. The van der Waals surface area contributed by atoms with Crippen molar-refractivity contribution < 1.29 is 8.78 Å². The Morgan fingerprint density at radius 1 is 1.22 bits per heavy atom. The van der Waals surface area contributed by atoms with Gasteiger partial charge in [0.25, 0.3) is 0 Å². The fourth-order valence-electron chi connectivity index (χ4n) is 2.54. The van der Waals surface area contributed by atoms with Gasteiger partial charge in [0.05, 0.1) is 4.47 Å². The van der Waals surface area contributed by atoms with Crippen LogP contribution < -0.4 is 5.32 Å². The van der Waals surface area contributed by atoms with Crippen LogP contribution in [0.5, 0.6) is 0 Å². The largest absolute Gasteiger partial charge is 0.307 e. The molecule has 2 rings (SSSR count). The molecule has 1 N–H and O–H groups in total. The Kier molecular flexibility index (Phi) is 4.38. The highest BCUT2D eigenvalue weighted by molar-refractivity contribution is 9.10. The van der Waals surface area contributed by atoms with E-state index in [0.29, 0.717) is 4.47 Å². The highest BCUT2D eigenvalue weighted by Gasteiger charge is 2.26. The average molecular weight is 318 g/mol. The van der Waals surface area contributed by atoms with Crippen LogP contribution in [-0.4, -0.2) is 5.54 Å². The van der Waals surface area contributed by atoms with Crippen molar-refractivity contribution in [2.45, 2.75) is 51.1 Å². The third-order valence-electron chi connectivity index (χ3n) is 3.79. The number of hydrogen-bond acceptors (Lipinski definition) is 1. The van der Waals surface area contributed by atoms with E-state index in [9.17, 15) is 8.78 Å². The fraction of sp³-hybridized carbons (Fsp3) is 0.571. The molecule has 100 valence electrons. The number of nitrogens with one attached hydrogen (secondary N) is 1. The molecule has 0 amide bonds. The van der Waals surface area contributed by atoms with Gasteiger partial charge in [-0.1, -0.05) is 19.3 Å². The maximum atomic E-state index is 13.8. The van der Waals surface area contributed by atoms with Gasteiger partial charge in [0.15, 0.2) is 0 Å². The Hall–Kier alpha value is -0.480. The van der Waals surface area contributed by atoms with Crippen LogP contribution in [0, 0.1) is 11.6 Å². The third kappa shape index (κ3) is 3.09. The van der Waals surface area contributed by atoms with Crippen LogP contribution in [-0.2, 0) is 6.54 Å². The van der Waals surface area contributed by atoms with E-state index >= 15 is 0 Å². The SMILES string of the molecule is CC1(NCc2c(F)ccc(Br)c2F)CCCCC1. The first kappa shape index (κ1) is 13.9. The highest BCUT2D eigenvalue weighted by Crippen LogP contribution is 2.29. The topological polar surface area (TPSA) is 12.0 Å². The molecule has 1 nitrogen and oxygen atoms in total. The molecule has 1 saturated carbocycles. The first-order valence-corrected chi connectivity index (χ1v) is 7.18. The van der Waals surface area contributed by atoms with Crippen LogP contribution in [0.15, 0.2) is 16.6 Å². The molecule has 0 radical (unpaired) electrons. The van der Waals surface area contributed by atoms with Gasteiger partial charge in [0, 0.05) is 17.6 Å². The van der Waals surface area contributed by atoms with Crippen LogP contribution in [0.4, 0.5) is 8.78 Å². The molecule has 1 aromatic carbocycles. The summed E-state index contributed by atoms with van der Waals surface area (Å²) < 4.78 is 27.7. The van der Waals surface area contributed by atoms with E-state index < -0.39 is 11.6 Å². The molecule has 0 atom stereocenters. The second-order valence-corrected chi connectivity index (χ2v) is 6.15. The average Bonchev–Trinajstić information content (AvgIpc) is 2.35. The molecule has 18 heavy (non-hydrogen) atoms. The van der Waals surface area contributed by atoms with Gasteiger partial charge in [0.1, 0.15) is 11.6 Å². The highest BCUT2D eigenvalue weighted by atomic mass is 79.9. The van der Waals surface area contributed by atoms with Crippen LogP contribution in [0.1, 0.15) is 44.6 Å². The number of benzene rings is 1. The summed E-state index contributed by atoms with van der Waals surface area (Å²) in [5.41, 5.74) is 0.135. The van der Waals surface area contributed by atoms with Crippen LogP contribution in [0.3, 0.4) is 0 Å². The number of halogens is 3. The summed E-state index contributed by atoms with van der Waals surface area (Å²) in [6.45, 7) is 2.38. The second kappa shape index (κ2) is 5.66. The lowest BCUT2D eigenvalue weighted by Gasteiger charge is -2.35. The molecule has 0 heterocycles. The Labute approximate surface area is 115 Å². The van der Waals surface area contributed by atoms with Gasteiger partial charge < -0.3 is 5.32 Å². The molecule has 4 heteroatoms. The maximum absolute atomic E-state index is 13.8. The van der Waals surface area contributed by atoms with Crippen LogP contribution in [0.25, 0.3) is 0 Å². The van der Waals surface area contributed by atoms with E-state index in [1.54, 1.807) is 0 Å². The summed E-state index contributed by atoms with van der Waals surface area (Å²) in [6.07, 6.45) is 5.78. The molecule has 1 aliphatic carbocycles. The number of rotatable bonds is 3. The lowest BCUT2D eigenvalue weighted by molar-refractivity contribution is 0.250. The van der Waals surface area contributed by atoms with Gasteiger partial charge >= 0.3 is 0 Å². The summed E-state index contributed by atoms with van der Waals surface area (Å²) in [4.78, 5) is 0. The van der Waals surface area contributed by atoms with Crippen molar-refractivity contribution >= 4 is 15.9 Å². The zero-order valence-electron chi connectivity index (χ0n) is 10.5. The van der Waals surface area contributed by atoms with Crippen molar-refractivity contribution in [3.05, 3.63) is 33.8 Å². The van der Waals surface area contributed by atoms with Gasteiger partial charge in [-0.25, -0.2) is 8.78 Å². The molecule has 0 spiro atoms. The standard InChI is InChI=1S/C14H18BrF2N/c1-14(7-3-2-4-8-14)18-9-10-12(16)6-5-11(15)13(10)17/h5-6,18H,2-4,7-9H2,1H3. The molecule has 0 saturated heterocycles.